The number of carboxylic acid groups (broad SMARTS) is 2. The highest BCUT2D eigenvalue weighted by molar-refractivity contribution is 8.00. The summed E-state index contributed by atoms with van der Waals surface area (Å²) in [5.41, 5.74) is 5.31. The molecule has 0 aromatic carbocycles. The number of hydrogen-bond donors (Lipinski definition) is 5. The van der Waals surface area contributed by atoms with Gasteiger partial charge in [0, 0.05) is 30.3 Å². The van der Waals surface area contributed by atoms with Gasteiger partial charge in [-0.3, -0.25) is 28.8 Å². The molecule has 1 fully saturated rings. The maximum atomic E-state index is 12.1. The third-order valence-electron chi connectivity index (χ3n) is 3.70. The van der Waals surface area contributed by atoms with E-state index in [1.807, 2.05) is 0 Å². The Morgan fingerprint density at radius 3 is 2.26 bits per heavy atom. The highest BCUT2D eigenvalue weighted by atomic mass is 32.2. The van der Waals surface area contributed by atoms with E-state index in [1.54, 1.807) is 0 Å². The first-order valence-corrected chi connectivity index (χ1v) is 9.10. The highest BCUT2D eigenvalue weighted by Gasteiger charge is 2.32. The molecule has 0 saturated heterocycles. The topological polar surface area (TPSA) is 193 Å². The van der Waals surface area contributed by atoms with E-state index in [0.717, 1.165) is 11.8 Å². The van der Waals surface area contributed by atoms with Gasteiger partial charge in [-0.05, 0) is 6.42 Å². The summed E-state index contributed by atoms with van der Waals surface area (Å²) in [4.78, 5) is 67.9. The van der Waals surface area contributed by atoms with Crippen LogP contribution in [0.4, 0.5) is 0 Å². The smallest absolute Gasteiger partial charge is 0.322 e. The number of hydrogen-bond acceptors (Lipinski definition) is 8. The van der Waals surface area contributed by atoms with Crippen LogP contribution in [0.5, 0.6) is 0 Å². The average Bonchev–Trinajstić information content (AvgIpc) is 2.91. The number of carbonyl (C=O) groups excluding carboxylic acids is 4. The molecule has 1 saturated carbocycles. The van der Waals surface area contributed by atoms with Gasteiger partial charge in [0.2, 0.25) is 11.8 Å². The minimum atomic E-state index is -1.26. The molecule has 150 valence electrons. The molecule has 1 aliphatic carbocycles. The van der Waals surface area contributed by atoms with E-state index in [0.29, 0.717) is 0 Å². The van der Waals surface area contributed by atoms with Gasteiger partial charge in [-0.15, -0.1) is 0 Å². The Kier molecular flexibility index (Phi) is 8.88. The van der Waals surface area contributed by atoms with Crippen molar-refractivity contribution in [1.29, 1.82) is 0 Å². The van der Waals surface area contributed by atoms with Crippen molar-refractivity contribution < 1.29 is 39.0 Å². The monoisotopic (exact) mass is 403 g/mol. The lowest BCUT2D eigenvalue weighted by molar-refractivity contribution is -0.139. The average molecular weight is 403 g/mol. The number of Topliss-reactive ketones (excluding diaryl/α,β-unsaturated/α-hetero) is 2. The predicted molar refractivity (Wildman–Crippen MR) is 92.9 cm³/mol. The minimum absolute atomic E-state index is 0.0212. The molecule has 1 aliphatic rings. The molecule has 11 nitrogen and oxygen atoms in total. The molecule has 0 aromatic rings. The number of aliphatic carboxylic acids is 2. The molecule has 6 N–H and O–H groups in total. The lowest BCUT2D eigenvalue weighted by Crippen LogP contribution is -2.49. The summed E-state index contributed by atoms with van der Waals surface area (Å²) in [6.45, 7) is -0.639. The fraction of sp³-hybridized carbons (Fsp3) is 0.600. The summed E-state index contributed by atoms with van der Waals surface area (Å²) in [5, 5.41) is 21.6. The van der Waals surface area contributed by atoms with Crippen LogP contribution in [0.1, 0.15) is 25.7 Å². The molecule has 0 spiro atoms. The second-order valence-electron chi connectivity index (χ2n) is 5.92. The third-order valence-corrected chi connectivity index (χ3v) is 5.03. The normalized spacial score (nSPS) is 16.6. The van der Waals surface area contributed by atoms with Crippen LogP contribution in [0.15, 0.2) is 0 Å². The third kappa shape index (κ3) is 8.17. The predicted octanol–water partition coefficient (Wildman–Crippen LogP) is -2.10. The number of ketones is 2. The minimum Gasteiger partial charge on any atom is -0.480 e. The van der Waals surface area contributed by atoms with Gasteiger partial charge in [-0.1, -0.05) is 0 Å². The van der Waals surface area contributed by atoms with Crippen LogP contribution in [0, 0.1) is 0 Å². The van der Waals surface area contributed by atoms with Crippen molar-refractivity contribution in [2.75, 3.05) is 12.3 Å². The Bertz CT molecular complexity index is 623. The van der Waals surface area contributed by atoms with E-state index in [4.69, 9.17) is 15.9 Å². The van der Waals surface area contributed by atoms with Crippen molar-refractivity contribution in [3.63, 3.8) is 0 Å². The van der Waals surface area contributed by atoms with E-state index < -0.39 is 53.9 Å². The molecule has 2 amide bonds. The maximum absolute atomic E-state index is 12.1. The molecule has 2 unspecified atom stereocenters. The standard InChI is InChI=1S/C15H21N3O8S/c16-8(15(25)26)1-2-12(21)18-9(14(24)17-5-13(22)23)6-27-7-3-10(19)11(20)4-7/h7-9H,1-6,16H2,(H,17,24)(H,18,21)(H,22,23)(H,25,26). The van der Waals surface area contributed by atoms with E-state index in [-0.39, 0.29) is 36.7 Å². The van der Waals surface area contributed by atoms with Gasteiger partial charge in [0.25, 0.3) is 0 Å². The van der Waals surface area contributed by atoms with Gasteiger partial charge in [0.05, 0.1) is 0 Å². The Morgan fingerprint density at radius 2 is 1.74 bits per heavy atom. The number of rotatable bonds is 11. The van der Waals surface area contributed by atoms with Crippen molar-refractivity contribution in [1.82, 2.24) is 10.6 Å². The SMILES string of the molecule is NC(CCC(=O)NC(CSC1CC(=O)C(=O)C1)C(=O)NCC(=O)O)C(=O)O. The Balaban J connectivity index is 2.61. The largest absolute Gasteiger partial charge is 0.480 e. The van der Waals surface area contributed by atoms with Crippen LogP contribution in [0.3, 0.4) is 0 Å². The zero-order valence-corrected chi connectivity index (χ0v) is 15.1. The van der Waals surface area contributed by atoms with E-state index in [9.17, 15) is 28.8 Å². The molecule has 2 atom stereocenters. The molecule has 0 aliphatic heterocycles. The summed E-state index contributed by atoms with van der Waals surface area (Å²) >= 11 is 1.15. The fourth-order valence-corrected chi connectivity index (χ4v) is 3.45. The lowest BCUT2D eigenvalue weighted by atomic mass is 10.1. The van der Waals surface area contributed by atoms with Crippen LogP contribution < -0.4 is 16.4 Å². The van der Waals surface area contributed by atoms with Gasteiger partial charge in [0.1, 0.15) is 18.6 Å². The molecule has 0 heterocycles. The first-order valence-electron chi connectivity index (χ1n) is 8.05. The quantitative estimate of drug-likeness (QED) is 0.238. The van der Waals surface area contributed by atoms with Crippen LogP contribution in [0.2, 0.25) is 0 Å². The second-order valence-corrected chi connectivity index (χ2v) is 7.26. The molecular weight excluding hydrogens is 382 g/mol. The number of carboxylic acids is 2. The number of amides is 2. The molecule has 1 rings (SSSR count). The summed E-state index contributed by atoms with van der Waals surface area (Å²) in [6, 6.07) is -2.33. The molecule has 27 heavy (non-hydrogen) atoms. The van der Waals surface area contributed by atoms with E-state index >= 15 is 0 Å². The van der Waals surface area contributed by atoms with Crippen LogP contribution in [0.25, 0.3) is 0 Å². The van der Waals surface area contributed by atoms with Gasteiger partial charge in [-0.2, -0.15) is 11.8 Å². The van der Waals surface area contributed by atoms with Crippen LogP contribution in [-0.2, 0) is 28.8 Å². The lowest BCUT2D eigenvalue weighted by Gasteiger charge is -2.19. The Morgan fingerprint density at radius 1 is 1.15 bits per heavy atom. The Hall–Kier alpha value is -2.47. The van der Waals surface area contributed by atoms with Crippen molar-refractivity contribution in [3.8, 4) is 0 Å². The van der Waals surface area contributed by atoms with Gasteiger partial charge < -0.3 is 26.6 Å². The maximum Gasteiger partial charge on any atom is 0.322 e. The first kappa shape index (κ1) is 22.6. The number of nitrogens with two attached hydrogens (primary N) is 1. The molecular formula is C15H21N3O8S. The van der Waals surface area contributed by atoms with Gasteiger partial charge in [0.15, 0.2) is 11.6 Å². The second kappa shape index (κ2) is 10.6. The molecule has 12 heteroatoms. The van der Waals surface area contributed by atoms with Gasteiger partial charge >= 0.3 is 11.9 Å². The summed E-state index contributed by atoms with van der Waals surface area (Å²) in [5.74, 6) is -4.83. The van der Waals surface area contributed by atoms with E-state index in [1.165, 1.54) is 0 Å². The zero-order chi connectivity index (χ0) is 20.6. The van der Waals surface area contributed by atoms with Crippen LogP contribution in [-0.4, -0.2) is 75.2 Å². The molecule has 0 bridgehead atoms. The molecule has 0 aromatic heterocycles. The first-order chi connectivity index (χ1) is 12.6. The van der Waals surface area contributed by atoms with E-state index in [2.05, 4.69) is 10.6 Å². The summed E-state index contributed by atoms with van der Waals surface area (Å²) < 4.78 is 0. The van der Waals surface area contributed by atoms with Crippen molar-refractivity contribution in [2.45, 2.75) is 43.0 Å². The summed E-state index contributed by atoms with van der Waals surface area (Å²) in [7, 11) is 0. The number of thioether (sulfide) groups is 1. The highest BCUT2D eigenvalue weighted by Crippen LogP contribution is 2.25. The number of carbonyl (C=O) groups is 6. The number of nitrogens with one attached hydrogen (secondary N) is 2. The fourth-order valence-electron chi connectivity index (χ4n) is 2.21. The van der Waals surface area contributed by atoms with Crippen molar-refractivity contribution in [3.05, 3.63) is 0 Å². The summed E-state index contributed by atoms with van der Waals surface area (Å²) in [6.07, 6.45) is -0.270. The zero-order valence-electron chi connectivity index (χ0n) is 14.3. The van der Waals surface area contributed by atoms with Crippen molar-refractivity contribution >= 4 is 47.1 Å². The van der Waals surface area contributed by atoms with Crippen molar-refractivity contribution in [2.24, 2.45) is 5.73 Å². The van der Waals surface area contributed by atoms with Crippen LogP contribution >= 0.6 is 11.8 Å². The van der Waals surface area contributed by atoms with Gasteiger partial charge in [-0.25, -0.2) is 0 Å². The molecule has 0 radical (unpaired) electrons. The Labute approximate surface area is 158 Å².